The third-order valence-corrected chi connectivity index (χ3v) is 6.04. The molecule has 1 aromatic carbocycles. The van der Waals surface area contributed by atoms with Crippen LogP contribution >= 0.6 is 15.9 Å². The molecular formula is C20H27BrN4O. The maximum atomic E-state index is 12.6. The Morgan fingerprint density at radius 2 is 2.00 bits per heavy atom. The van der Waals surface area contributed by atoms with Gasteiger partial charge in [-0.3, -0.25) is 14.4 Å². The summed E-state index contributed by atoms with van der Waals surface area (Å²) < 4.78 is 2.93. The molecule has 0 N–H and O–H groups in total. The van der Waals surface area contributed by atoms with Gasteiger partial charge in [-0.15, -0.1) is 0 Å². The van der Waals surface area contributed by atoms with Crippen LogP contribution in [0.3, 0.4) is 0 Å². The van der Waals surface area contributed by atoms with Crippen molar-refractivity contribution in [3.8, 4) is 0 Å². The van der Waals surface area contributed by atoms with E-state index in [9.17, 15) is 4.79 Å². The monoisotopic (exact) mass is 418 g/mol. The fraction of sp³-hybridized carbons (Fsp3) is 0.500. The van der Waals surface area contributed by atoms with Gasteiger partial charge >= 0.3 is 0 Å². The second-order valence-electron chi connectivity index (χ2n) is 7.29. The lowest BCUT2D eigenvalue weighted by atomic mass is 9.96. The molecule has 0 saturated carbocycles. The van der Waals surface area contributed by atoms with Crippen LogP contribution in [0.4, 0.5) is 0 Å². The molecule has 0 spiro atoms. The summed E-state index contributed by atoms with van der Waals surface area (Å²) in [6, 6.07) is 10.3. The smallest absolute Gasteiger partial charge is 0.274 e. The highest BCUT2D eigenvalue weighted by molar-refractivity contribution is 9.10. The van der Waals surface area contributed by atoms with E-state index in [-0.39, 0.29) is 5.91 Å². The minimum absolute atomic E-state index is 0.0179. The number of aryl methyl sites for hydroxylation is 2. The molecule has 0 radical (unpaired) electrons. The highest BCUT2D eigenvalue weighted by atomic mass is 79.9. The van der Waals surface area contributed by atoms with Gasteiger partial charge in [-0.1, -0.05) is 34.1 Å². The van der Waals surface area contributed by atoms with Crippen molar-refractivity contribution >= 4 is 21.8 Å². The Kier molecular flexibility index (Phi) is 6.14. The van der Waals surface area contributed by atoms with E-state index in [1.165, 1.54) is 10.0 Å². The molecule has 0 bridgehead atoms. The number of hydrogen-bond acceptors (Lipinski definition) is 3. The molecule has 1 saturated heterocycles. The zero-order valence-electron chi connectivity index (χ0n) is 15.8. The summed E-state index contributed by atoms with van der Waals surface area (Å²) in [6.45, 7) is 5.91. The van der Waals surface area contributed by atoms with E-state index in [1.54, 1.807) is 4.68 Å². The van der Waals surface area contributed by atoms with Gasteiger partial charge in [0.2, 0.25) is 0 Å². The Bertz CT molecular complexity index is 745. The number of carbonyl (C=O) groups is 1. The van der Waals surface area contributed by atoms with E-state index < -0.39 is 0 Å². The van der Waals surface area contributed by atoms with Crippen LogP contribution in [0, 0.1) is 12.8 Å². The largest absolute Gasteiger partial charge is 0.340 e. The molecule has 5 nitrogen and oxygen atoms in total. The average molecular weight is 419 g/mol. The molecule has 140 valence electrons. The van der Waals surface area contributed by atoms with Crippen LogP contribution in [0.1, 0.15) is 34.6 Å². The third-order valence-electron chi connectivity index (χ3n) is 5.27. The van der Waals surface area contributed by atoms with Gasteiger partial charge in [0.05, 0.1) is 0 Å². The Morgan fingerprint density at radius 3 is 2.62 bits per heavy atom. The molecule has 2 aromatic rings. The summed E-state index contributed by atoms with van der Waals surface area (Å²) in [5, 5.41) is 4.30. The molecule has 0 aliphatic carbocycles. The molecule has 1 aliphatic rings. The van der Waals surface area contributed by atoms with Crippen molar-refractivity contribution < 1.29 is 4.79 Å². The summed E-state index contributed by atoms with van der Waals surface area (Å²) in [6.07, 6.45) is 2.26. The number of nitrogens with zero attached hydrogens (tertiary/aromatic N) is 4. The Balaban J connectivity index is 1.49. The first kappa shape index (κ1) is 19.1. The first-order valence-corrected chi connectivity index (χ1v) is 9.95. The summed E-state index contributed by atoms with van der Waals surface area (Å²) in [5.74, 6) is 0.577. The normalized spacial score (nSPS) is 16.0. The van der Waals surface area contributed by atoms with Gasteiger partial charge in [-0.25, -0.2) is 0 Å². The van der Waals surface area contributed by atoms with E-state index in [0.29, 0.717) is 11.6 Å². The summed E-state index contributed by atoms with van der Waals surface area (Å²) in [7, 11) is 3.76. The molecule has 1 amide bonds. The topological polar surface area (TPSA) is 41.4 Å². The zero-order valence-corrected chi connectivity index (χ0v) is 17.4. The highest BCUT2D eigenvalue weighted by Gasteiger charge is 2.24. The van der Waals surface area contributed by atoms with Gasteiger partial charge in [0.1, 0.15) is 0 Å². The van der Waals surface area contributed by atoms with Gasteiger partial charge in [0, 0.05) is 37.4 Å². The molecule has 2 heterocycles. The van der Waals surface area contributed by atoms with Crippen LogP contribution in [-0.2, 0) is 13.6 Å². The van der Waals surface area contributed by atoms with Crippen LogP contribution < -0.4 is 0 Å². The molecular weight excluding hydrogens is 392 g/mol. The number of rotatable bonds is 5. The maximum absolute atomic E-state index is 12.6. The summed E-state index contributed by atoms with van der Waals surface area (Å²) in [5.41, 5.74) is 2.88. The number of benzene rings is 1. The Labute approximate surface area is 164 Å². The van der Waals surface area contributed by atoms with Crippen molar-refractivity contribution in [3.05, 3.63) is 51.8 Å². The zero-order chi connectivity index (χ0) is 18.7. The van der Waals surface area contributed by atoms with Crippen LogP contribution in [-0.4, -0.2) is 52.2 Å². The lowest BCUT2D eigenvalue weighted by Crippen LogP contribution is -2.39. The number of aromatic nitrogens is 2. The van der Waals surface area contributed by atoms with E-state index in [4.69, 9.17) is 0 Å². The fourth-order valence-electron chi connectivity index (χ4n) is 3.53. The lowest BCUT2D eigenvalue weighted by molar-refractivity contribution is 0.0731. The SMILES string of the molecule is Cc1cc(C(=O)N(C)CC2CCN(Cc3ccccc3Br)CC2)nn1C. The minimum atomic E-state index is 0.0179. The number of carbonyl (C=O) groups excluding carboxylic acids is 1. The number of piperidine rings is 1. The molecule has 0 unspecified atom stereocenters. The first-order chi connectivity index (χ1) is 12.4. The van der Waals surface area contributed by atoms with Crippen molar-refractivity contribution in [2.45, 2.75) is 26.3 Å². The standard InChI is InChI=1S/C20H27BrN4O/c1-15-12-19(22-24(15)3)20(26)23(2)13-16-8-10-25(11-9-16)14-17-6-4-5-7-18(17)21/h4-7,12,16H,8-11,13-14H2,1-3H3. The quantitative estimate of drug-likeness (QED) is 0.745. The van der Waals surface area contributed by atoms with Crippen LogP contribution in [0.5, 0.6) is 0 Å². The molecule has 6 heteroatoms. The molecule has 1 fully saturated rings. The summed E-state index contributed by atoms with van der Waals surface area (Å²) >= 11 is 3.63. The molecule has 3 rings (SSSR count). The number of hydrogen-bond donors (Lipinski definition) is 0. The molecule has 0 atom stereocenters. The average Bonchev–Trinajstić information content (AvgIpc) is 2.97. The predicted octanol–water partition coefficient (Wildman–Crippen LogP) is 3.48. The second-order valence-corrected chi connectivity index (χ2v) is 8.15. The third kappa shape index (κ3) is 4.54. The van der Waals surface area contributed by atoms with Crippen molar-refractivity contribution in [1.82, 2.24) is 19.6 Å². The van der Waals surface area contributed by atoms with Crippen LogP contribution in [0.15, 0.2) is 34.8 Å². The minimum Gasteiger partial charge on any atom is -0.340 e. The van der Waals surface area contributed by atoms with Crippen molar-refractivity contribution in [3.63, 3.8) is 0 Å². The highest BCUT2D eigenvalue weighted by Crippen LogP contribution is 2.23. The van der Waals surface area contributed by atoms with Crippen molar-refractivity contribution in [1.29, 1.82) is 0 Å². The van der Waals surface area contributed by atoms with E-state index in [2.05, 4.69) is 50.2 Å². The first-order valence-electron chi connectivity index (χ1n) is 9.16. The number of likely N-dealkylation sites (tertiary alicyclic amines) is 1. The van der Waals surface area contributed by atoms with E-state index >= 15 is 0 Å². The van der Waals surface area contributed by atoms with Gasteiger partial charge in [-0.05, 0) is 56.5 Å². The van der Waals surface area contributed by atoms with Gasteiger partial charge in [-0.2, -0.15) is 5.10 Å². The van der Waals surface area contributed by atoms with Crippen molar-refractivity contribution in [2.24, 2.45) is 13.0 Å². The second kappa shape index (κ2) is 8.35. The number of amides is 1. The molecule has 26 heavy (non-hydrogen) atoms. The molecule has 1 aliphatic heterocycles. The summed E-state index contributed by atoms with van der Waals surface area (Å²) in [4.78, 5) is 16.9. The van der Waals surface area contributed by atoms with Crippen molar-refractivity contribution in [2.75, 3.05) is 26.7 Å². The van der Waals surface area contributed by atoms with Crippen LogP contribution in [0.2, 0.25) is 0 Å². The lowest BCUT2D eigenvalue weighted by Gasteiger charge is -2.34. The predicted molar refractivity (Wildman–Crippen MR) is 107 cm³/mol. The number of halogens is 1. The van der Waals surface area contributed by atoms with Crippen LogP contribution in [0.25, 0.3) is 0 Å². The van der Waals surface area contributed by atoms with Gasteiger partial charge in [0.15, 0.2) is 5.69 Å². The maximum Gasteiger partial charge on any atom is 0.274 e. The Morgan fingerprint density at radius 1 is 1.31 bits per heavy atom. The van der Waals surface area contributed by atoms with E-state index in [1.807, 2.05) is 32.0 Å². The van der Waals surface area contributed by atoms with Gasteiger partial charge in [0.25, 0.3) is 5.91 Å². The fourth-order valence-corrected chi connectivity index (χ4v) is 3.94. The van der Waals surface area contributed by atoms with E-state index in [0.717, 1.165) is 44.7 Å². The molecule has 1 aromatic heterocycles. The van der Waals surface area contributed by atoms with Gasteiger partial charge < -0.3 is 4.90 Å². The Hall–Kier alpha value is -1.66.